The summed E-state index contributed by atoms with van der Waals surface area (Å²) in [7, 11) is 0. The van der Waals surface area contributed by atoms with Gasteiger partial charge in [-0.05, 0) is 6.42 Å². The van der Waals surface area contributed by atoms with Gasteiger partial charge in [0.1, 0.15) is 0 Å². The van der Waals surface area contributed by atoms with Crippen molar-refractivity contribution in [1.82, 2.24) is 0 Å². The fourth-order valence-electron chi connectivity index (χ4n) is 0.227. The quantitative estimate of drug-likeness (QED) is 0.706. The molecule has 40 valence electrons. The molecule has 0 heterocycles. The van der Waals surface area contributed by atoms with Crippen LogP contribution in [0.15, 0.2) is 0 Å². The Morgan fingerprint density at radius 2 is 2.14 bits per heavy atom. The van der Waals surface area contributed by atoms with Gasteiger partial charge in [0.15, 0.2) is 0 Å². The molecule has 0 atom stereocenters. The van der Waals surface area contributed by atoms with E-state index in [2.05, 4.69) is 0 Å². The zero-order valence-electron chi connectivity index (χ0n) is 4.32. The molecule has 0 unspecified atom stereocenters. The van der Waals surface area contributed by atoms with Gasteiger partial charge in [-0.1, -0.05) is 13.3 Å². The number of hydrogen-bond acceptors (Lipinski definition) is 1. The summed E-state index contributed by atoms with van der Waals surface area (Å²) in [6, 6.07) is 0. The predicted octanol–water partition coefficient (Wildman–Crippen LogP) is 1.37. The molecule has 0 fully saturated rings. The first-order valence-electron chi connectivity index (χ1n) is 2.01. The van der Waals surface area contributed by atoms with E-state index >= 15 is 0 Å². The van der Waals surface area contributed by atoms with Crippen LogP contribution < -0.4 is 0 Å². The number of rotatable bonds is 2. The van der Waals surface area contributed by atoms with Crippen LogP contribution in [0.1, 0.15) is 19.8 Å². The molecule has 0 aromatic heterocycles. The van der Waals surface area contributed by atoms with Crippen LogP contribution in [0.2, 0.25) is 0 Å². The maximum absolute atomic E-state index is 9.71. The Bertz CT molecular complexity index is 55.7. The van der Waals surface area contributed by atoms with Crippen molar-refractivity contribution in [3.05, 3.63) is 5.73 Å². The van der Waals surface area contributed by atoms with Gasteiger partial charge in [0, 0.05) is 46.7 Å². The van der Waals surface area contributed by atoms with Crippen LogP contribution in [0.5, 0.6) is 0 Å². The molecule has 0 aliphatic carbocycles. The molecular weight excluding hydrogens is 222 g/mol. The molecule has 0 spiro atoms. The van der Waals surface area contributed by atoms with E-state index in [1.165, 1.54) is 0 Å². The van der Waals surface area contributed by atoms with E-state index in [9.17, 15) is 4.79 Å². The van der Waals surface area contributed by atoms with Crippen molar-refractivity contribution in [1.29, 1.82) is 0 Å². The molecule has 0 aromatic carbocycles. The van der Waals surface area contributed by atoms with Gasteiger partial charge in [0.05, 0.1) is 0 Å². The monoisotopic (exact) mass is 228 g/mol. The van der Waals surface area contributed by atoms with E-state index in [-0.39, 0.29) is 40.8 Å². The van der Waals surface area contributed by atoms with Crippen LogP contribution >= 0.6 is 0 Å². The Labute approximate surface area is 76.4 Å². The third kappa shape index (κ3) is 10.9. The number of amides is 1. The zero-order chi connectivity index (χ0) is 4.99. The SMILES string of the molecule is CCCC([NH-])=O.[Nd]. The third-order valence-corrected chi connectivity index (χ3v) is 0.477. The van der Waals surface area contributed by atoms with Crippen LogP contribution in [0.3, 0.4) is 0 Å². The maximum Gasteiger partial charge on any atom is 0.0487 e. The Morgan fingerprint density at radius 1 is 1.71 bits per heavy atom. The van der Waals surface area contributed by atoms with Gasteiger partial charge in [0.2, 0.25) is 0 Å². The van der Waals surface area contributed by atoms with E-state index in [1.54, 1.807) is 0 Å². The molecular formula is C4H8NNdO-. The molecule has 0 aromatic rings. The molecule has 1 amide bonds. The van der Waals surface area contributed by atoms with Gasteiger partial charge >= 0.3 is 0 Å². The summed E-state index contributed by atoms with van der Waals surface area (Å²) in [6.07, 6.45) is 1.20. The molecule has 0 radical (unpaired) electrons. The van der Waals surface area contributed by atoms with Gasteiger partial charge in [-0.25, -0.2) is 0 Å². The summed E-state index contributed by atoms with van der Waals surface area (Å²) < 4.78 is 0. The van der Waals surface area contributed by atoms with Gasteiger partial charge in [0.25, 0.3) is 0 Å². The minimum Gasteiger partial charge on any atom is -0.668 e. The molecule has 1 N–H and O–H groups in total. The Kier molecular flexibility index (Phi) is 10.5. The molecule has 0 saturated heterocycles. The minimum atomic E-state index is -0.461. The first-order valence-corrected chi connectivity index (χ1v) is 2.01. The van der Waals surface area contributed by atoms with Crippen LogP contribution in [0.4, 0.5) is 0 Å². The molecule has 0 aliphatic rings. The van der Waals surface area contributed by atoms with E-state index < -0.39 is 5.91 Å². The van der Waals surface area contributed by atoms with Gasteiger partial charge < -0.3 is 10.5 Å². The van der Waals surface area contributed by atoms with Crippen molar-refractivity contribution < 1.29 is 45.6 Å². The Morgan fingerprint density at radius 3 is 2.14 bits per heavy atom. The minimum absolute atomic E-state index is 0. The normalized spacial score (nSPS) is 7.00. The van der Waals surface area contributed by atoms with Crippen LogP contribution in [-0.2, 0) is 4.79 Å². The first-order chi connectivity index (χ1) is 2.77. The molecule has 0 aliphatic heterocycles. The average molecular weight is 230 g/mol. The second-order valence-corrected chi connectivity index (χ2v) is 1.17. The van der Waals surface area contributed by atoms with E-state index in [4.69, 9.17) is 5.73 Å². The van der Waals surface area contributed by atoms with Crippen molar-refractivity contribution in [2.45, 2.75) is 19.8 Å². The summed E-state index contributed by atoms with van der Waals surface area (Å²) in [5.41, 5.74) is 6.34. The van der Waals surface area contributed by atoms with Crippen LogP contribution in [0, 0.1) is 40.8 Å². The van der Waals surface area contributed by atoms with Gasteiger partial charge in [-0.2, -0.15) is 0 Å². The molecule has 3 heteroatoms. The van der Waals surface area contributed by atoms with Crippen molar-refractivity contribution >= 4 is 5.91 Å². The smallest absolute Gasteiger partial charge is 0.0487 e. The second-order valence-electron chi connectivity index (χ2n) is 1.17. The number of hydrogen-bond donors (Lipinski definition) is 0. The van der Waals surface area contributed by atoms with E-state index in [0.717, 1.165) is 6.42 Å². The fourth-order valence-corrected chi connectivity index (χ4v) is 0.227. The average Bonchev–Trinajstić information content (AvgIpc) is 1.35. The molecule has 7 heavy (non-hydrogen) atoms. The number of carbonyl (C=O) groups is 1. The van der Waals surface area contributed by atoms with Crippen molar-refractivity contribution in [3.63, 3.8) is 0 Å². The number of carbonyl (C=O) groups excluding carboxylic acids is 1. The molecule has 2 nitrogen and oxygen atoms in total. The maximum atomic E-state index is 9.71. The Hall–Kier alpha value is 0.821. The zero-order valence-corrected chi connectivity index (χ0v) is 7.53. The van der Waals surface area contributed by atoms with Gasteiger partial charge in [-0.15, -0.1) is 0 Å². The van der Waals surface area contributed by atoms with Crippen LogP contribution in [-0.4, -0.2) is 5.91 Å². The molecule has 0 rings (SSSR count). The van der Waals surface area contributed by atoms with Crippen molar-refractivity contribution in [3.8, 4) is 0 Å². The summed E-state index contributed by atoms with van der Waals surface area (Å²) in [6.45, 7) is 1.88. The summed E-state index contributed by atoms with van der Waals surface area (Å²) in [5.74, 6) is -0.461. The van der Waals surface area contributed by atoms with Gasteiger partial charge in [-0.3, -0.25) is 0 Å². The van der Waals surface area contributed by atoms with Crippen molar-refractivity contribution in [2.24, 2.45) is 0 Å². The number of nitrogens with one attached hydrogen (secondary N) is 1. The largest absolute Gasteiger partial charge is 0.668 e. The standard InChI is InChI=1S/C4H9NO.Nd/c1-2-3-4(5)6;/h2-3H2,1H3,(H2,5,6);/p-1. The van der Waals surface area contributed by atoms with E-state index in [0.29, 0.717) is 6.42 Å². The summed E-state index contributed by atoms with van der Waals surface area (Å²) >= 11 is 0. The predicted molar refractivity (Wildman–Crippen MR) is 24.2 cm³/mol. The summed E-state index contributed by atoms with van der Waals surface area (Å²) in [5, 5.41) is 0. The topological polar surface area (TPSA) is 40.9 Å². The Balaban J connectivity index is 0. The first kappa shape index (κ1) is 10.7. The van der Waals surface area contributed by atoms with Crippen LogP contribution in [0.25, 0.3) is 5.73 Å². The molecule has 0 bridgehead atoms. The fraction of sp³-hybridized carbons (Fsp3) is 0.750. The summed E-state index contributed by atoms with van der Waals surface area (Å²) in [4.78, 5) is 9.71. The van der Waals surface area contributed by atoms with Crippen molar-refractivity contribution in [2.75, 3.05) is 0 Å². The third-order valence-electron chi connectivity index (χ3n) is 0.477. The second kappa shape index (κ2) is 6.82. The molecule has 0 saturated carbocycles. The van der Waals surface area contributed by atoms with E-state index in [1.807, 2.05) is 6.92 Å².